The highest BCUT2D eigenvalue weighted by Gasteiger charge is 2.07. The van der Waals surface area contributed by atoms with E-state index < -0.39 is 5.95 Å². The van der Waals surface area contributed by atoms with Crippen LogP contribution in [0.15, 0.2) is 24.4 Å². The average molecular weight is 219 g/mol. The molecule has 0 spiro atoms. The van der Waals surface area contributed by atoms with E-state index in [2.05, 4.69) is 30.0 Å². The first-order chi connectivity index (χ1) is 7.74. The van der Waals surface area contributed by atoms with Gasteiger partial charge in [-0.15, -0.1) is 0 Å². The molecule has 3 nitrogen and oxygen atoms in total. The number of halogens is 1. The number of rotatable bonds is 3. The fourth-order valence-corrected chi connectivity index (χ4v) is 1.65. The van der Waals surface area contributed by atoms with Gasteiger partial charge in [-0.25, -0.2) is 9.67 Å². The van der Waals surface area contributed by atoms with Crippen molar-refractivity contribution >= 4 is 0 Å². The normalized spacial score (nSPS) is 10.7. The van der Waals surface area contributed by atoms with Crippen molar-refractivity contribution in [3.05, 3.63) is 41.7 Å². The lowest BCUT2D eigenvalue weighted by Crippen LogP contribution is -2.02. The van der Waals surface area contributed by atoms with Crippen LogP contribution in [0.5, 0.6) is 0 Å². The van der Waals surface area contributed by atoms with E-state index in [9.17, 15) is 4.39 Å². The number of aromatic nitrogens is 3. The van der Waals surface area contributed by atoms with Crippen LogP contribution in [-0.2, 0) is 12.8 Å². The summed E-state index contributed by atoms with van der Waals surface area (Å²) in [7, 11) is 0. The molecule has 0 atom stereocenters. The Kier molecular flexibility index (Phi) is 2.99. The second kappa shape index (κ2) is 4.43. The van der Waals surface area contributed by atoms with Crippen LogP contribution in [0.4, 0.5) is 4.39 Å². The molecule has 0 saturated carbocycles. The zero-order chi connectivity index (χ0) is 11.5. The largest absolute Gasteiger partial charge is 0.237 e. The minimum absolute atomic E-state index is 0.479. The Hall–Kier alpha value is -1.71. The van der Waals surface area contributed by atoms with Crippen LogP contribution in [-0.4, -0.2) is 14.8 Å². The van der Waals surface area contributed by atoms with Crippen LogP contribution in [0, 0.1) is 5.95 Å². The molecule has 84 valence electrons. The smallest absolute Gasteiger partial charge is 0.214 e. The minimum atomic E-state index is -0.479. The van der Waals surface area contributed by atoms with Gasteiger partial charge in [0.2, 0.25) is 5.95 Å². The van der Waals surface area contributed by atoms with E-state index in [1.165, 1.54) is 12.3 Å². The Bertz CT molecular complexity index is 491. The molecule has 2 heterocycles. The van der Waals surface area contributed by atoms with Crippen molar-refractivity contribution in [1.29, 1.82) is 0 Å². The lowest BCUT2D eigenvalue weighted by atomic mass is 10.2. The van der Waals surface area contributed by atoms with Gasteiger partial charge in [-0.2, -0.15) is 9.49 Å². The third-order valence-electron chi connectivity index (χ3n) is 2.51. The molecule has 0 aromatic carbocycles. The molecule has 0 aliphatic rings. The van der Waals surface area contributed by atoms with Gasteiger partial charge in [-0.1, -0.05) is 13.8 Å². The topological polar surface area (TPSA) is 30.7 Å². The molecule has 0 aliphatic carbocycles. The first-order valence-electron chi connectivity index (χ1n) is 5.44. The third-order valence-corrected chi connectivity index (χ3v) is 2.51. The maximum atomic E-state index is 13.0. The molecule has 0 radical (unpaired) electrons. The van der Waals surface area contributed by atoms with E-state index in [1.807, 2.05) is 0 Å². The van der Waals surface area contributed by atoms with E-state index in [0.717, 1.165) is 29.9 Å². The number of nitrogens with zero attached hydrogens (tertiary/aromatic N) is 3. The summed E-state index contributed by atoms with van der Waals surface area (Å²) in [6.07, 6.45) is 3.21. The lowest BCUT2D eigenvalue weighted by molar-refractivity contribution is 0.581. The number of hydrogen-bond acceptors (Lipinski definition) is 2. The predicted octanol–water partition coefficient (Wildman–Crippen LogP) is 2.53. The van der Waals surface area contributed by atoms with Crippen molar-refractivity contribution in [2.75, 3.05) is 0 Å². The van der Waals surface area contributed by atoms with Gasteiger partial charge in [0.25, 0.3) is 0 Å². The Morgan fingerprint density at radius 3 is 2.69 bits per heavy atom. The fourth-order valence-electron chi connectivity index (χ4n) is 1.65. The molecule has 0 saturated heterocycles. The van der Waals surface area contributed by atoms with Crippen molar-refractivity contribution in [3.8, 4) is 5.69 Å². The van der Waals surface area contributed by atoms with Crippen LogP contribution in [0.2, 0.25) is 0 Å². The number of aryl methyl sites for hydroxylation is 2. The fraction of sp³-hybridized carbons (Fsp3) is 0.333. The van der Waals surface area contributed by atoms with Gasteiger partial charge >= 0.3 is 0 Å². The SMILES string of the molecule is CCc1cc(CC)n(-c2ccnc(F)c2)n1. The maximum absolute atomic E-state index is 13.0. The standard InChI is InChI=1S/C12H14FN3/c1-3-9-7-10(4-2)16(15-9)11-5-6-14-12(13)8-11/h5-8H,3-4H2,1-2H3. The molecule has 4 heteroatoms. The van der Waals surface area contributed by atoms with Crippen LogP contribution in [0.3, 0.4) is 0 Å². The van der Waals surface area contributed by atoms with Crippen LogP contribution >= 0.6 is 0 Å². The van der Waals surface area contributed by atoms with E-state index >= 15 is 0 Å². The summed E-state index contributed by atoms with van der Waals surface area (Å²) in [5.74, 6) is -0.479. The van der Waals surface area contributed by atoms with E-state index in [-0.39, 0.29) is 0 Å². The molecular formula is C12H14FN3. The summed E-state index contributed by atoms with van der Waals surface area (Å²) in [5.41, 5.74) is 2.83. The van der Waals surface area contributed by atoms with Crippen molar-refractivity contribution < 1.29 is 4.39 Å². The van der Waals surface area contributed by atoms with Crippen molar-refractivity contribution in [2.24, 2.45) is 0 Å². The Labute approximate surface area is 93.9 Å². The van der Waals surface area contributed by atoms with Gasteiger partial charge < -0.3 is 0 Å². The summed E-state index contributed by atoms with van der Waals surface area (Å²) in [5, 5.41) is 4.43. The van der Waals surface area contributed by atoms with Gasteiger partial charge in [0, 0.05) is 18.0 Å². The monoisotopic (exact) mass is 219 g/mol. The maximum Gasteiger partial charge on any atom is 0.214 e. The number of hydrogen-bond donors (Lipinski definition) is 0. The second-order valence-corrected chi connectivity index (χ2v) is 3.58. The highest BCUT2D eigenvalue weighted by atomic mass is 19.1. The van der Waals surface area contributed by atoms with Gasteiger partial charge in [-0.3, -0.25) is 0 Å². The summed E-state index contributed by atoms with van der Waals surface area (Å²) in [6.45, 7) is 4.11. The molecule has 0 aliphatic heterocycles. The van der Waals surface area contributed by atoms with Gasteiger partial charge in [-0.05, 0) is 25.0 Å². The van der Waals surface area contributed by atoms with Crippen molar-refractivity contribution in [2.45, 2.75) is 26.7 Å². The molecule has 0 N–H and O–H groups in total. The minimum Gasteiger partial charge on any atom is -0.237 e. The zero-order valence-corrected chi connectivity index (χ0v) is 9.44. The molecule has 2 aromatic heterocycles. The molecule has 16 heavy (non-hydrogen) atoms. The molecule has 2 rings (SSSR count). The second-order valence-electron chi connectivity index (χ2n) is 3.58. The predicted molar refractivity (Wildman–Crippen MR) is 60.1 cm³/mol. The summed E-state index contributed by atoms with van der Waals surface area (Å²) in [6, 6.07) is 5.21. The van der Waals surface area contributed by atoms with Gasteiger partial charge in [0.05, 0.1) is 11.4 Å². The molecule has 0 amide bonds. The van der Waals surface area contributed by atoms with Crippen molar-refractivity contribution in [3.63, 3.8) is 0 Å². The van der Waals surface area contributed by atoms with E-state index in [4.69, 9.17) is 0 Å². The first kappa shape index (κ1) is 10.8. The Morgan fingerprint density at radius 1 is 1.25 bits per heavy atom. The molecular weight excluding hydrogens is 205 g/mol. The quantitative estimate of drug-likeness (QED) is 0.743. The first-order valence-corrected chi connectivity index (χ1v) is 5.44. The molecule has 0 unspecified atom stereocenters. The van der Waals surface area contributed by atoms with Crippen LogP contribution in [0.1, 0.15) is 25.2 Å². The van der Waals surface area contributed by atoms with E-state index in [0.29, 0.717) is 0 Å². The van der Waals surface area contributed by atoms with E-state index in [1.54, 1.807) is 10.7 Å². The molecule has 0 fully saturated rings. The third kappa shape index (κ3) is 1.96. The van der Waals surface area contributed by atoms with Gasteiger partial charge in [0.15, 0.2) is 0 Å². The zero-order valence-electron chi connectivity index (χ0n) is 9.44. The summed E-state index contributed by atoms with van der Waals surface area (Å²) >= 11 is 0. The average Bonchev–Trinajstić information content (AvgIpc) is 2.72. The number of pyridine rings is 1. The summed E-state index contributed by atoms with van der Waals surface area (Å²) < 4.78 is 14.8. The molecule has 2 aromatic rings. The van der Waals surface area contributed by atoms with Crippen LogP contribution < -0.4 is 0 Å². The Morgan fingerprint density at radius 2 is 2.06 bits per heavy atom. The molecule has 0 bridgehead atoms. The Balaban J connectivity index is 2.50. The lowest BCUT2D eigenvalue weighted by Gasteiger charge is -2.04. The van der Waals surface area contributed by atoms with Crippen LogP contribution in [0.25, 0.3) is 5.69 Å². The van der Waals surface area contributed by atoms with Gasteiger partial charge in [0.1, 0.15) is 0 Å². The van der Waals surface area contributed by atoms with Crippen molar-refractivity contribution in [1.82, 2.24) is 14.8 Å². The highest BCUT2D eigenvalue weighted by molar-refractivity contribution is 5.32. The summed E-state index contributed by atoms with van der Waals surface area (Å²) in [4.78, 5) is 3.54. The highest BCUT2D eigenvalue weighted by Crippen LogP contribution is 2.13.